The summed E-state index contributed by atoms with van der Waals surface area (Å²) in [6.45, 7) is 4.51. The first kappa shape index (κ1) is 10.4. The topological polar surface area (TPSA) is 3.24 Å². The third-order valence-corrected chi connectivity index (χ3v) is 3.16. The zero-order valence-electron chi connectivity index (χ0n) is 9.66. The summed E-state index contributed by atoms with van der Waals surface area (Å²) in [6, 6.07) is 8.79. The van der Waals surface area contributed by atoms with Crippen molar-refractivity contribution in [3.63, 3.8) is 0 Å². The first-order chi connectivity index (χ1) is 7.31. The zero-order valence-corrected chi connectivity index (χ0v) is 9.66. The average molecular weight is 201 g/mol. The smallest absolute Gasteiger partial charge is 0.0166 e. The van der Waals surface area contributed by atoms with E-state index in [1.807, 2.05) is 0 Å². The van der Waals surface area contributed by atoms with Crippen molar-refractivity contribution in [2.45, 2.75) is 19.8 Å². The Morgan fingerprint density at radius 2 is 2.07 bits per heavy atom. The fourth-order valence-corrected chi connectivity index (χ4v) is 2.16. The molecule has 1 heterocycles. The van der Waals surface area contributed by atoms with Crippen LogP contribution in [0.2, 0.25) is 0 Å². The maximum Gasteiger partial charge on any atom is 0.0166 e. The van der Waals surface area contributed by atoms with Gasteiger partial charge in [0.05, 0.1) is 0 Å². The molecule has 0 bridgehead atoms. The molecule has 0 aliphatic carbocycles. The van der Waals surface area contributed by atoms with Gasteiger partial charge in [-0.05, 0) is 36.6 Å². The Morgan fingerprint density at radius 1 is 1.27 bits per heavy atom. The van der Waals surface area contributed by atoms with Crippen LogP contribution in [0.15, 0.2) is 30.3 Å². The third kappa shape index (κ3) is 2.29. The molecule has 0 fully saturated rings. The summed E-state index contributed by atoms with van der Waals surface area (Å²) in [5.41, 5.74) is 4.48. The van der Waals surface area contributed by atoms with Gasteiger partial charge in [-0.2, -0.15) is 0 Å². The van der Waals surface area contributed by atoms with Crippen LogP contribution in [-0.2, 0) is 6.42 Å². The van der Waals surface area contributed by atoms with Gasteiger partial charge in [0, 0.05) is 13.1 Å². The maximum atomic E-state index is 2.37. The molecule has 0 spiro atoms. The quantitative estimate of drug-likeness (QED) is 0.711. The van der Waals surface area contributed by atoms with Gasteiger partial charge in [0.1, 0.15) is 0 Å². The van der Waals surface area contributed by atoms with E-state index in [2.05, 4.69) is 49.2 Å². The standard InChI is InChI=1S/C14H19N/c1-3-12-6-4-5-7-14(12)13-8-10-15(2)11-9-13/h4-8H,3,9-11H2,1-2H3. The molecule has 0 saturated heterocycles. The molecular weight excluding hydrogens is 182 g/mol. The minimum atomic E-state index is 1.09. The molecule has 1 heteroatoms. The first-order valence-corrected chi connectivity index (χ1v) is 5.77. The molecule has 0 saturated carbocycles. The lowest BCUT2D eigenvalue weighted by Gasteiger charge is -2.23. The molecule has 1 aliphatic rings. The molecule has 0 radical (unpaired) electrons. The summed E-state index contributed by atoms with van der Waals surface area (Å²) in [7, 11) is 2.18. The Bertz CT molecular complexity index is 365. The van der Waals surface area contributed by atoms with Crippen LogP contribution in [0.4, 0.5) is 0 Å². The number of nitrogens with zero attached hydrogens (tertiary/aromatic N) is 1. The molecule has 0 atom stereocenters. The molecule has 0 unspecified atom stereocenters. The summed E-state index contributed by atoms with van der Waals surface area (Å²) >= 11 is 0. The van der Waals surface area contributed by atoms with E-state index >= 15 is 0 Å². The van der Waals surface area contributed by atoms with Gasteiger partial charge in [0.15, 0.2) is 0 Å². The van der Waals surface area contributed by atoms with E-state index in [1.54, 1.807) is 0 Å². The van der Waals surface area contributed by atoms with Gasteiger partial charge < -0.3 is 4.90 Å². The molecule has 80 valence electrons. The minimum absolute atomic E-state index is 1.09. The van der Waals surface area contributed by atoms with Crippen LogP contribution in [0.5, 0.6) is 0 Å². The largest absolute Gasteiger partial charge is 0.302 e. The molecule has 0 N–H and O–H groups in total. The van der Waals surface area contributed by atoms with E-state index in [0.717, 1.165) is 13.0 Å². The van der Waals surface area contributed by atoms with E-state index < -0.39 is 0 Å². The highest BCUT2D eigenvalue weighted by atomic mass is 15.1. The Labute approximate surface area is 92.4 Å². The number of hydrogen-bond donors (Lipinski definition) is 0. The number of likely N-dealkylation sites (N-methyl/N-ethyl adjacent to an activating group) is 1. The summed E-state index contributed by atoms with van der Waals surface area (Å²) in [5, 5.41) is 0. The Balaban J connectivity index is 2.29. The monoisotopic (exact) mass is 201 g/mol. The number of rotatable bonds is 2. The van der Waals surface area contributed by atoms with Gasteiger partial charge in [-0.25, -0.2) is 0 Å². The molecule has 1 aromatic rings. The van der Waals surface area contributed by atoms with E-state index in [4.69, 9.17) is 0 Å². The lowest BCUT2D eigenvalue weighted by molar-refractivity contribution is 0.370. The predicted molar refractivity (Wildman–Crippen MR) is 65.9 cm³/mol. The summed E-state index contributed by atoms with van der Waals surface area (Å²) in [5.74, 6) is 0. The molecule has 1 aromatic carbocycles. The van der Waals surface area contributed by atoms with Crippen molar-refractivity contribution in [1.29, 1.82) is 0 Å². The molecule has 0 amide bonds. The van der Waals surface area contributed by atoms with Crippen LogP contribution in [0.1, 0.15) is 24.5 Å². The minimum Gasteiger partial charge on any atom is -0.302 e. The summed E-state index contributed by atoms with van der Waals surface area (Å²) in [4.78, 5) is 2.36. The number of benzene rings is 1. The van der Waals surface area contributed by atoms with Crippen LogP contribution >= 0.6 is 0 Å². The van der Waals surface area contributed by atoms with E-state index in [1.165, 1.54) is 29.7 Å². The van der Waals surface area contributed by atoms with E-state index in [9.17, 15) is 0 Å². The van der Waals surface area contributed by atoms with Crippen LogP contribution in [0, 0.1) is 0 Å². The Hall–Kier alpha value is -1.08. The fraction of sp³-hybridized carbons (Fsp3) is 0.429. The lowest BCUT2D eigenvalue weighted by Crippen LogP contribution is -2.23. The van der Waals surface area contributed by atoms with Gasteiger partial charge in [0.25, 0.3) is 0 Å². The highest BCUT2D eigenvalue weighted by molar-refractivity contribution is 5.69. The SMILES string of the molecule is CCc1ccccc1C1=CCN(C)CC1. The lowest BCUT2D eigenvalue weighted by atomic mass is 9.94. The second-order valence-electron chi connectivity index (χ2n) is 4.25. The van der Waals surface area contributed by atoms with Crippen LogP contribution in [0.3, 0.4) is 0 Å². The van der Waals surface area contributed by atoms with Gasteiger partial charge in [-0.15, -0.1) is 0 Å². The average Bonchev–Trinajstić information content (AvgIpc) is 2.30. The molecular formula is C14H19N. The second-order valence-corrected chi connectivity index (χ2v) is 4.25. The Kier molecular flexibility index (Phi) is 3.22. The maximum absolute atomic E-state index is 2.37. The molecule has 1 aliphatic heterocycles. The van der Waals surface area contributed by atoms with Gasteiger partial charge in [0.2, 0.25) is 0 Å². The molecule has 1 nitrogen and oxygen atoms in total. The fourth-order valence-electron chi connectivity index (χ4n) is 2.16. The van der Waals surface area contributed by atoms with Gasteiger partial charge >= 0.3 is 0 Å². The van der Waals surface area contributed by atoms with Crippen LogP contribution in [-0.4, -0.2) is 25.0 Å². The van der Waals surface area contributed by atoms with Crippen LogP contribution in [0.25, 0.3) is 5.57 Å². The van der Waals surface area contributed by atoms with Gasteiger partial charge in [-0.3, -0.25) is 0 Å². The second kappa shape index (κ2) is 4.63. The van der Waals surface area contributed by atoms with Crippen molar-refractivity contribution in [3.05, 3.63) is 41.5 Å². The first-order valence-electron chi connectivity index (χ1n) is 5.77. The molecule has 0 aromatic heterocycles. The Morgan fingerprint density at radius 3 is 2.73 bits per heavy atom. The van der Waals surface area contributed by atoms with Crippen LogP contribution < -0.4 is 0 Å². The molecule has 15 heavy (non-hydrogen) atoms. The van der Waals surface area contributed by atoms with Crippen molar-refractivity contribution < 1.29 is 0 Å². The van der Waals surface area contributed by atoms with Gasteiger partial charge in [-0.1, -0.05) is 37.3 Å². The van der Waals surface area contributed by atoms with E-state index in [-0.39, 0.29) is 0 Å². The summed E-state index contributed by atoms with van der Waals surface area (Å²) in [6.07, 6.45) is 4.69. The molecule has 2 rings (SSSR count). The van der Waals surface area contributed by atoms with E-state index in [0.29, 0.717) is 0 Å². The number of aryl methyl sites for hydroxylation is 1. The normalized spacial score (nSPS) is 17.6. The van der Waals surface area contributed by atoms with Crippen molar-refractivity contribution in [1.82, 2.24) is 4.90 Å². The summed E-state index contributed by atoms with van der Waals surface area (Å²) < 4.78 is 0. The highest BCUT2D eigenvalue weighted by Crippen LogP contribution is 2.25. The number of hydrogen-bond acceptors (Lipinski definition) is 1. The highest BCUT2D eigenvalue weighted by Gasteiger charge is 2.11. The van der Waals surface area contributed by atoms with Crippen molar-refractivity contribution in [2.24, 2.45) is 0 Å². The van der Waals surface area contributed by atoms with Crippen molar-refractivity contribution >= 4 is 5.57 Å². The zero-order chi connectivity index (χ0) is 10.7. The third-order valence-electron chi connectivity index (χ3n) is 3.16. The predicted octanol–water partition coefficient (Wildman–Crippen LogP) is 2.97. The van der Waals surface area contributed by atoms with Crippen molar-refractivity contribution in [3.8, 4) is 0 Å². The van der Waals surface area contributed by atoms with Crippen molar-refractivity contribution in [2.75, 3.05) is 20.1 Å².